The molecule has 1 atom stereocenters. The summed E-state index contributed by atoms with van der Waals surface area (Å²) in [6, 6.07) is 6.02. The molecule has 156 valence electrons. The Morgan fingerprint density at radius 1 is 1.27 bits per heavy atom. The van der Waals surface area contributed by atoms with Crippen LogP contribution in [0.5, 0.6) is 0 Å². The van der Waals surface area contributed by atoms with Gasteiger partial charge in [-0.15, -0.1) is 5.10 Å². The van der Waals surface area contributed by atoms with Gasteiger partial charge in [-0.1, -0.05) is 0 Å². The fourth-order valence-electron chi connectivity index (χ4n) is 3.92. The van der Waals surface area contributed by atoms with Crippen molar-refractivity contribution in [3.8, 4) is 11.3 Å². The van der Waals surface area contributed by atoms with Gasteiger partial charge in [-0.05, 0) is 38.0 Å². The summed E-state index contributed by atoms with van der Waals surface area (Å²) in [5.74, 6) is 1.52. The van der Waals surface area contributed by atoms with Gasteiger partial charge >= 0.3 is 0 Å². The number of pyridine rings is 1. The van der Waals surface area contributed by atoms with Crippen molar-refractivity contribution in [3.63, 3.8) is 0 Å². The van der Waals surface area contributed by atoms with E-state index in [4.69, 9.17) is 14.5 Å². The highest BCUT2D eigenvalue weighted by atomic mass is 16.5. The number of aryl methyl sites for hydroxylation is 1. The van der Waals surface area contributed by atoms with E-state index in [0.29, 0.717) is 19.1 Å². The second-order valence-electron chi connectivity index (χ2n) is 7.50. The first-order chi connectivity index (χ1) is 14.7. The van der Waals surface area contributed by atoms with Gasteiger partial charge in [0.25, 0.3) is 0 Å². The molecule has 0 saturated carbocycles. The van der Waals surface area contributed by atoms with Crippen LogP contribution in [0.3, 0.4) is 0 Å². The highest BCUT2D eigenvalue weighted by Gasteiger charge is 2.16. The van der Waals surface area contributed by atoms with Crippen LogP contribution in [0.2, 0.25) is 0 Å². The minimum absolute atomic E-state index is 0.242. The van der Waals surface area contributed by atoms with E-state index in [1.54, 1.807) is 7.11 Å². The molecule has 1 saturated heterocycles. The average molecular weight is 407 g/mol. The number of aromatic nitrogens is 6. The summed E-state index contributed by atoms with van der Waals surface area (Å²) in [4.78, 5) is 14.0. The minimum Gasteiger partial charge on any atom is -0.383 e. The van der Waals surface area contributed by atoms with Crippen LogP contribution in [0.1, 0.15) is 18.7 Å². The molecule has 0 radical (unpaired) electrons. The van der Waals surface area contributed by atoms with Crippen LogP contribution in [0.15, 0.2) is 30.6 Å². The van der Waals surface area contributed by atoms with Gasteiger partial charge in [0.05, 0.1) is 30.1 Å². The van der Waals surface area contributed by atoms with E-state index in [1.807, 2.05) is 42.0 Å². The summed E-state index contributed by atoms with van der Waals surface area (Å²) in [5.41, 5.74) is 4.50. The van der Waals surface area contributed by atoms with E-state index in [2.05, 4.69) is 25.0 Å². The molecule has 0 aliphatic carbocycles. The van der Waals surface area contributed by atoms with Crippen LogP contribution >= 0.6 is 0 Å². The first-order valence-electron chi connectivity index (χ1n) is 10.3. The Morgan fingerprint density at radius 3 is 3.03 bits per heavy atom. The van der Waals surface area contributed by atoms with E-state index in [-0.39, 0.29) is 6.10 Å². The largest absolute Gasteiger partial charge is 0.383 e. The van der Waals surface area contributed by atoms with Crippen LogP contribution in [-0.2, 0) is 16.0 Å². The maximum atomic E-state index is 5.65. The maximum Gasteiger partial charge on any atom is 0.241 e. The molecule has 5 rings (SSSR count). The molecule has 9 nitrogen and oxygen atoms in total. The van der Waals surface area contributed by atoms with Gasteiger partial charge < -0.3 is 19.4 Å². The van der Waals surface area contributed by atoms with Crippen LogP contribution in [-0.4, -0.2) is 62.1 Å². The van der Waals surface area contributed by atoms with Crippen LogP contribution in [0, 0.1) is 6.92 Å². The van der Waals surface area contributed by atoms with E-state index in [9.17, 15) is 0 Å². The third-order valence-electron chi connectivity index (χ3n) is 5.51. The Morgan fingerprint density at radius 2 is 2.20 bits per heavy atom. The number of nitrogens with zero attached hydrogens (tertiary/aromatic N) is 6. The third-order valence-corrected chi connectivity index (χ3v) is 5.51. The lowest BCUT2D eigenvalue weighted by atomic mass is 10.2. The molecule has 0 amide bonds. The molecule has 4 aromatic rings. The van der Waals surface area contributed by atoms with E-state index in [0.717, 1.165) is 59.8 Å². The van der Waals surface area contributed by atoms with Crippen LogP contribution in [0.25, 0.3) is 27.9 Å². The predicted molar refractivity (Wildman–Crippen MR) is 114 cm³/mol. The molecule has 1 fully saturated rings. The van der Waals surface area contributed by atoms with Gasteiger partial charge in [-0.2, -0.15) is 0 Å². The van der Waals surface area contributed by atoms with Crippen molar-refractivity contribution in [2.75, 3.05) is 32.2 Å². The molecule has 1 N–H and O–H groups in total. The third kappa shape index (κ3) is 3.50. The molecule has 0 bridgehead atoms. The van der Waals surface area contributed by atoms with Crippen molar-refractivity contribution in [2.45, 2.75) is 32.4 Å². The number of hydrogen-bond donors (Lipinski definition) is 1. The minimum atomic E-state index is 0.242. The number of fused-ring (bicyclic) bond motifs is 2. The molecule has 0 aromatic carbocycles. The summed E-state index contributed by atoms with van der Waals surface area (Å²) >= 11 is 0. The summed E-state index contributed by atoms with van der Waals surface area (Å²) < 4.78 is 14.8. The van der Waals surface area contributed by atoms with Crippen molar-refractivity contribution in [1.82, 2.24) is 29.1 Å². The van der Waals surface area contributed by atoms with Gasteiger partial charge in [-0.3, -0.25) is 0 Å². The number of imidazole rings is 1. The Labute approximate surface area is 174 Å². The van der Waals surface area contributed by atoms with Gasteiger partial charge in [-0.25, -0.2) is 19.5 Å². The zero-order valence-electron chi connectivity index (χ0n) is 17.2. The van der Waals surface area contributed by atoms with Gasteiger partial charge in [0, 0.05) is 38.6 Å². The zero-order valence-corrected chi connectivity index (χ0v) is 17.2. The van der Waals surface area contributed by atoms with Gasteiger partial charge in [0.2, 0.25) is 5.95 Å². The second kappa shape index (κ2) is 8.00. The highest BCUT2D eigenvalue weighted by molar-refractivity contribution is 5.82. The molecule has 1 aliphatic heterocycles. The Balaban J connectivity index is 1.44. The molecule has 9 heteroatoms. The summed E-state index contributed by atoms with van der Waals surface area (Å²) in [6.45, 7) is 4.89. The normalized spacial score (nSPS) is 16.7. The lowest BCUT2D eigenvalue weighted by molar-refractivity contribution is 0.120. The summed E-state index contributed by atoms with van der Waals surface area (Å²) in [7, 11) is 1.70. The quantitative estimate of drug-likeness (QED) is 0.504. The Kier molecular flexibility index (Phi) is 5.06. The van der Waals surface area contributed by atoms with Crippen molar-refractivity contribution in [3.05, 3.63) is 36.4 Å². The molecular formula is C21H25N7O2. The SMILES string of the molecule is COCCn1c(C)nc2ccc(-c3ccn4nc(NCC5CCCO5)ncc34)nc21. The molecular weight excluding hydrogens is 382 g/mol. The van der Waals surface area contributed by atoms with Crippen molar-refractivity contribution in [1.29, 1.82) is 0 Å². The van der Waals surface area contributed by atoms with Crippen molar-refractivity contribution >= 4 is 22.6 Å². The molecule has 5 heterocycles. The number of hydrogen-bond acceptors (Lipinski definition) is 7. The summed E-state index contributed by atoms with van der Waals surface area (Å²) in [6.07, 6.45) is 6.21. The monoisotopic (exact) mass is 407 g/mol. The smallest absolute Gasteiger partial charge is 0.241 e. The van der Waals surface area contributed by atoms with E-state index in [1.165, 1.54) is 0 Å². The molecule has 1 unspecified atom stereocenters. The number of methoxy groups -OCH3 is 1. The van der Waals surface area contributed by atoms with E-state index < -0.39 is 0 Å². The lowest BCUT2D eigenvalue weighted by Gasteiger charge is -2.10. The molecule has 30 heavy (non-hydrogen) atoms. The van der Waals surface area contributed by atoms with Crippen molar-refractivity contribution in [2.24, 2.45) is 0 Å². The van der Waals surface area contributed by atoms with Gasteiger partial charge in [0.1, 0.15) is 11.3 Å². The topological polar surface area (TPSA) is 91.4 Å². The fraction of sp³-hybridized carbons (Fsp3) is 0.429. The van der Waals surface area contributed by atoms with Gasteiger partial charge in [0.15, 0.2) is 5.65 Å². The number of ether oxygens (including phenoxy) is 2. The summed E-state index contributed by atoms with van der Waals surface area (Å²) in [5, 5.41) is 7.86. The molecule has 0 spiro atoms. The highest BCUT2D eigenvalue weighted by Crippen LogP contribution is 2.26. The fourth-order valence-corrected chi connectivity index (χ4v) is 3.92. The van der Waals surface area contributed by atoms with Crippen LogP contribution < -0.4 is 5.32 Å². The number of nitrogens with one attached hydrogen (secondary N) is 1. The lowest BCUT2D eigenvalue weighted by Crippen LogP contribution is -2.20. The van der Waals surface area contributed by atoms with Crippen molar-refractivity contribution < 1.29 is 9.47 Å². The molecule has 4 aromatic heterocycles. The predicted octanol–water partition coefficient (Wildman–Crippen LogP) is 2.69. The Hall–Kier alpha value is -3.04. The maximum absolute atomic E-state index is 5.65. The average Bonchev–Trinajstić information content (AvgIpc) is 3.48. The zero-order chi connectivity index (χ0) is 20.5. The standard InChI is InChI=1S/C21H25N7O2/c1-14-24-18-6-5-17(25-20(18)27(14)9-11-29-2)16-7-8-28-19(16)13-23-21(26-28)22-12-15-4-3-10-30-15/h5-8,13,15H,3-4,9-12H2,1-2H3,(H,22,26). The number of rotatable bonds is 7. The van der Waals surface area contributed by atoms with E-state index >= 15 is 0 Å². The first kappa shape index (κ1) is 19.0. The van der Waals surface area contributed by atoms with Crippen LogP contribution in [0.4, 0.5) is 5.95 Å². The molecule has 1 aliphatic rings. The number of anilines is 1. The first-order valence-corrected chi connectivity index (χ1v) is 10.3. The Bertz CT molecular complexity index is 1180. The second-order valence-corrected chi connectivity index (χ2v) is 7.50.